The Bertz CT molecular complexity index is 656. The Balaban J connectivity index is 2.17. The van der Waals surface area contributed by atoms with Crippen molar-refractivity contribution in [3.63, 3.8) is 0 Å². The second-order valence-electron chi connectivity index (χ2n) is 6.77. The van der Waals surface area contributed by atoms with E-state index in [1.165, 1.54) is 12.1 Å². The van der Waals surface area contributed by atoms with E-state index in [-0.39, 0.29) is 16.7 Å². The fourth-order valence-corrected chi connectivity index (χ4v) is 3.97. The van der Waals surface area contributed by atoms with Crippen molar-refractivity contribution in [2.75, 3.05) is 19.6 Å². The maximum atomic E-state index is 12.6. The van der Waals surface area contributed by atoms with Gasteiger partial charge in [-0.25, -0.2) is 13.1 Å². The minimum atomic E-state index is -3.57. The average Bonchev–Trinajstić information content (AvgIpc) is 2.52. The van der Waals surface area contributed by atoms with Gasteiger partial charge in [0.15, 0.2) is 0 Å². The summed E-state index contributed by atoms with van der Waals surface area (Å²) in [5.74, 6) is 0.634. The van der Waals surface area contributed by atoms with Crippen molar-refractivity contribution in [1.82, 2.24) is 9.62 Å². The number of carbonyl (C=O) groups is 1. The molecule has 1 aromatic rings. The zero-order chi connectivity index (χ0) is 17.0. The van der Waals surface area contributed by atoms with Crippen LogP contribution in [0.1, 0.15) is 44.0 Å². The van der Waals surface area contributed by atoms with Crippen LogP contribution in [0.3, 0.4) is 0 Å². The number of nitrogens with zero attached hydrogens (tertiary/aromatic N) is 1. The minimum absolute atomic E-state index is 0.0857. The Morgan fingerprint density at radius 3 is 2.78 bits per heavy atom. The largest absolute Gasteiger partial charge is 0.338 e. The zero-order valence-electron chi connectivity index (χ0n) is 14.1. The number of sulfonamides is 1. The van der Waals surface area contributed by atoms with E-state index in [9.17, 15) is 13.2 Å². The van der Waals surface area contributed by atoms with Crippen molar-refractivity contribution in [3.05, 3.63) is 29.8 Å². The van der Waals surface area contributed by atoms with Crippen LogP contribution in [-0.2, 0) is 10.0 Å². The van der Waals surface area contributed by atoms with Gasteiger partial charge in [0, 0.05) is 25.2 Å². The summed E-state index contributed by atoms with van der Waals surface area (Å²) in [5, 5.41) is 0. The highest BCUT2D eigenvalue weighted by Gasteiger charge is 2.23. The van der Waals surface area contributed by atoms with Crippen LogP contribution in [0.2, 0.25) is 0 Å². The molecule has 5 nitrogen and oxygen atoms in total. The molecule has 1 atom stereocenters. The highest BCUT2D eigenvalue weighted by molar-refractivity contribution is 7.89. The van der Waals surface area contributed by atoms with Gasteiger partial charge in [-0.05, 0) is 42.9 Å². The highest BCUT2D eigenvalue weighted by atomic mass is 32.2. The van der Waals surface area contributed by atoms with Gasteiger partial charge >= 0.3 is 0 Å². The van der Waals surface area contributed by atoms with Crippen molar-refractivity contribution >= 4 is 15.9 Å². The zero-order valence-corrected chi connectivity index (χ0v) is 14.9. The lowest BCUT2D eigenvalue weighted by molar-refractivity contribution is 0.0683. The normalized spacial score (nSPS) is 19.1. The number of hydrogen-bond donors (Lipinski definition) is 1. The van der Waals surface area contributed by atoms with Gasteiger partial charge in [-0.15, -0.1) is 0 Å². The second kappa shape index (κ2) is 7.45. The van der Waals surface area contributed by atoms with Gasteiger partial charge in [-0.3, -0.25) is 4.79 Å². The van der Waals surface area contributed by atoms with Gasteiger partial charge in [-0.1, -0.05) is 26.8 Å². The maximum Gasteiger partial charge on any atom is 0.253 e. The van der Waals surface area contributed by atoms with E-state index in [2.05, 4.69) is 11.6 Å². The van der Waals surface area contributed by atoms with E-state index in [1.54, 1.807) is 12.1 Å². The van der Waals surface area contributed by atoms with Gasteiger partial charge in [0.25, 0.3) is 5.91 Å². The standard InChI is InChI=1S/C17H26N2O3S/c1-13(2)11-18-23(21,22)16-8-4-7-15(10-16)17(20)19-9-5-6-14(3)12-19/h4,7-8,10,13-14,18H,5-6,9,11-12H2,1-3H3. The average molecular weight is 338 g/mol. The predicted molar refractivity (Wildman–Crippen MR) is 90.8 cm³/mol. The lowest BCUT2D eigenvalue weighted by Gasteiger charge is -2.31. The molecule has 2 rings (SSSR count). The first-order chi connectivity index (χ1) is 10.8. The summed E-state index contributed by atoms with van der Waals surface area (Å²) in [6.45, 7) is 7.88. The van der Waals surface area contributed by atoms with Crippen molar-refractivity contribution in [2.24, 2.45) is 11.8 Å². The smallest absolute Gasteiger partial charge is 0.253 e. The lowest BCUT2D eigenvalue weighted by atomic mass is 9.99. The minimum Gasteiger partial charge on any atom is -0.338 e. The summed E-state index contributed by atoms with van der Waals surface area (Å²) >= 11 is 0. The van der Waals surface area contributed by atoms with Gasteiger partial charge in [0.05, 0.1) is 4.90 Å². The lowest BCUT2D eigenvalue weighted by Crippen LogP contribution is -2.39. The first-order valence-corrected chi connectivity index (χ1v) is 9.67. The Labute approximate surface area is 139 Å². The van der Waals surface area contributed by atoms with Gasteiger partial charge in [0.2, 0.25) is 10.0 Å². The molecule has 1 unspecified atom stereocenters. The van der Waals surface area contributed by atoms with Crippen molar-refractivity contribution in [2.45, 2.75) is 38.5 Å². The molecular weight excluding hydrogens is 312 g/mol. The number of carbonyl (C=O) groups excluding carboxylic acids is 1. The molecule has 0 bridgehead atoms. The van der Waals surface area contributed by atoms with Crippen LogP contribution in [0.15, 0.2) is 29.2 Å². The van der Waals surface area contributed by atoms with E-state index in [4.69, 9.17) is 0 Å². The molecule has 1 N–H and O–H groups in total. The molecule has 0 spiro atoms. The number of amides is 1. The Kier molecular flexibility index (Phi) is 5.81. The van der Waals surface area contributed by atoms with Crippen molar-refractivity contribution < 1.29 is 13.2 Å². The molecule has 0 radical (unpaired) electrons. The number of likely N-dealkylation sites (tertiary alicyclic amines) is 1. The molecule has 23 heavy (non-hydrogen) atoms. The molecule has 0 saturated carbocycles. The SMILES string of the molecule is CC(C)CNS(=O)(=O)c1cccc(C(=O)N2CCCC(C)C2)c1. The molecule has 1 fully saturated rings. The topological polar surface area (TPSA) is 66.5 Å². The number of hydrogen-bond acceptors (Lipinski definition) is 3. The number of benzene rings is 1. The van der Waals surface area contributed by atoms with Crippen LogP contribution >= 0.6 is 0 Å². The summed E-state index contributed by atoms with van der Waals surface area (Å²) in [4.78, 5) is 14.6. The molecule has 1 aliphatic rings. The molecule has 128 valence electrons. The molecule has 0 aromatic heterocycles. The molecule has 1 aliphatic heterocycles. The van der Waals surface area contributed by atoms with Crippen molar-refractivity contribution in [3.8, 4) is 0 Å². The third-order valence-corrected chi connectivity index (χ3v) is 5.44. The third-order valence-electron chi connectivity index (χ3n) is 4.02. The van der Waals surface area contributed by atoms with Crippen LogP contribution < -0.4 is 4.72 Å². The van der Waals surface area contributed by atoms with E-state index in [0.29, 0.717) is 18.0 Å². The van der Waals surface area contributed by atoms with Crippen LogP contribution in [0.5, 0.6) is 0 Å². The van der Waals surface area contributed by atoms with Gasteiger partial charge < -0.3 is 4.90 Å². The first-order valence-electron chi connectivity index (χ1n) is 8.18. The maximum absolute atomic E-state index is 12.6. The summed E-state index contributed by atoms with van der Waals surface area (Å²) in [7, 11) is -3.57. The predicted octanol–water partition coefficient (Wildman–Crippen LogP) is 2.49. The highest BCUT2D eigenvalue weighted by Crippen LogP contribution is 2.19. The Morgan fingerprint density at radius 1 is 1.39 bits per heavy atom. The summed E-state index contributed by atoms with van der Waals surface area (Å²) in [6.07, 6.45) is 2.14. The van der Waals surface area contributed by atoms with Crippen molar-refractivity contribution in [1.29, 1.82) is 0 Å². The third kappa shape index (κ3) is 4.78. The molecule has 1 aromatic carbocycles. The van der Waals surface area contributed by atoms with Crippen LogP contribution in [0.25, 0.3) is 0 Å². The van der Waals surface area contributed by atoms with E-state index in [0.717, 1.165) is 25.9 Å². The molecule has 1 saturated heterocycles. The summed E-state index contributed by atoms with van der Waals surface area (Å²) in [5.41, 5.74) is 0.437. The quantitative estimate of drug-likeness (QED) is 0.897. The molecular formula is C17H26N2O3S. The van der Waals surface area contributed by atoms with E-state index < -0.39 is 10.0 Å². The first kappa shape index (κ1) is 17.9. The van der Waals surface area contributed by atoms with Crippen LogP contribution in [-0.4, -0.2) is 38.9 Å². The van der Waals surface area contributed by atoms with Gasteiger partial charge in [-0.2, -0.15) is 0 Å². The molecule has 6 heteroatoms. The van der Waals surface area contributed by atoms with E-state index >= 15 is 0 Å². The van der Waals surface area contributed by atoms with Gasteiger partial charge in [0.1, 0.15) is 0 Å². The number of rotatable bonds is 5. The second-order valence-corrected chi connectivity index (χ2v) is 8.54. The number of nitrogens with one attached hydrogen (secondary N) is 1. The van der Waals surface area contributed by atoms with E-state index in [1.807, 2.05) is 18.7 Å². The van der Waals surface area contributed by atoms with Crippen LogP contribution in [0.4, 0.5) is 0 Å². The monoisotopic (exact) mass is 338 g/mol. The summed E-state index contributed by atoms with van der Waals surface area (Å²) < 4.78 is 27.2. The molecule has 1 heterocycles. The molecule has 0 aliphatic carbocycles. The van der Waals surface area contributed by atoms with Crippen LogP contribution in [0, 0.1) is 11.8 Å². The number of piperidine rings is 1. The summed E-state index contributed by atoms with van der Waals surface area (Å²) in [6, 6.07) is 6.32. The molecule has 1 amide bonds. The fraction of sp³-hybridized carbons (Fsp3) is 0.588. The fourth-order valence-electron chi connectivity index (χ4n) is 2.71. The Hall–Kier alpha value is -1.40. The Morgan fingerprint density at radius 2 is 2.13 bits per heavy atom.